The van der Waals surface area contributed by atoms with Crippen molar-refractivity contribution < 1.29 is 13.9 Å². The van der Waals surface area contributed by atoms with Gasteiger partial charge in [0.05, 0.1) is 5.56 Å². The van der Waals surface area contributed by atoms with E-state index in [0.29, 0.717) is 23.6 Å². The number of pyridine rings is 1. The van der Waals surface area contributed by atoms with Gasteiger partial charge in [-0.3, -0.25) is 9.78 Å². The Morgan fingerprint density at radius 2 is 1.83 bits per heavy atom. The Kier molecular flexibility index (Phi) is 4.81. The van der Waals surface area contributed by atoms with E-state index in [0.717, 1.165) is 5.56 Å². The van der Waals surface area contributed by atoms with Crippen LogP contribution in [-0.4, -0.2) is 10.9 Å². The molecule has 0 bridgehead atoms. The molecule has 4 nitrogen and oxygen atoms in total. The smallest absolute Gasteiger partial charge is 0.253 e. The average molecular weight is 322 g/mol. The fraction of sp³-hybridized carbons (Fsp3) is 0.0526. The lowest BCUT2D eigenvalue weighted by Gasteiger charge is -2.09. The van der Waals surface area contributed by atoms with Crippen molar-refractivity contribution in [3.63, 3.8) is 0 Å². The Hall–Kier alpha value is -3.21. The number of hydrogen-bond acceptors (Lipinski definition) is 3. The molecule has 1 amide bonds. The number of halogens is 1. The van der Waals surface area contributed by atoms with Crippen molar-refractivity contribution >= 4 is 5.91 Å². The lowest BCUT2D eigenvalue weighted by Crippen LogP contribution is -2.22. The van der Waals surface area contributed by atoms with Crippen LogP contribution in [0.2, 0.25) is 0 Å². The Morgan fingerprint density at radius 1 is 1.04 bits per heavy atom. The number of aromatic nitrogens is 1. The first-order valence-corrected chi connectivity index (χ1v) is 7.41. The van der Waals surface area contributed by atoms with Crippen LogP contribution >= 0.6 is 0 Å². The molecule has 0 saturated heterocycles. The number of hydrogen-bond donors (Lipinski definition) is 1. The molecule has 0 unspecified atom stereocenters. The summed E-state index contributed by atoms with van der Waals surface area (Å²) in [7, 11) is 0. The van der Waals surface area contributed by atoms with Crippen molar-refractivity contribution in [1.82, 2.24) is 10.3 Å². The standard InChI is InChI=1S/C19H15FN2O2/c20-16-6-2-8-18(11-16)24-17-7-1-4-14(10-17)12-22-19(23)15-5-3-9-21-13-15/h1-11,13H,12H2,(H,22,23). The molecule has 1 heterocycles. The van der Waals surface area contributed by atoms with Gasteiger partial charge in [-0.2, -0.15) is 0 Å². The summed E-state index contributed by atoms with van der Waals surface area (Å²) in [6.07, 6.45) is 3.13. The van der Waals surface area contributed by atoms with Gasteiger partial charge in [0.25, 0.3) is 5.91 Å². The van der Waals surface area contributed by atoms with Gasteiger partial charge in [-0.15, -0.1) is 0 Å². The molecule has 5 heteroatoms. The van der Waals surface area contributed by atoms with E-state index in [9.17, 15) is 9.18 Å². The number of carbonyl (C=O) groups excluding carboxylic acids is 1. The minimum absolute atomic E-state index is 0.195. The van der Waals surface area contributed by atoms with Crippen LogP contribution in [0, 0.1) is 5.82 Å². The van der Waals surface area contributed by atoms with E-state index in [1.807, 2.05) is 12.1 Å². The van der Waals surface area contributed by atoms with Crippen LogP contribution in [0.15, 0.2) is 73.1 Å². The van der Waals surface area contributed by atoms with E-state index in [2.05, 4.69) is 10.3 Å². The molecule has 120 valence electrons. The van der Waals surface area contributed by atoms with Crippen LogP contribution in [0.25, 0.3) is 0 Å². The second-order valence-electron chi connectivity index (χ2n) is 5.13. The molecule has 0 atom stereocenters. The largest absolute Gasteiger partial charge is 0.457 e. The molecule has 1 aromatic heterocycles. The maximum absolute atomic E-state index is 13.2. The highest BCUT2D eigenvalue weighted by molar-refractivity contribution is 5.93. The molecule has 3 aromatic rings. The molecule has 1 N–H and O–H groups in total. The molecule has 0 aliphatic rings. The van der Waals surface area contributed by atoms with Crippen LogP contribution in [0.4, 0.5) is 4.39 Å². The number of benzene rings is 2. The van der Waals surface area contributed by atoms with Crippen LogP contribution in [0.5, 0.6) is 11.5 Å². The first kappa shape index (κ1) is 15.7. The predicted octanol–water partition coefficient (Wildman–Crippen LogP) is 3.94. The van der Waals surface area contributed by atoms with Crippen LogP contribution in [0.3, 0.4) is 0 Å². The summed E-state index contributed by atoms with van der Waals surface area (Å²) in [4.78, 5) is 15.9. The van der Waals surface area contributed by atoms with Gasteiger partial charge in [0.2, 0.25) is 0 Å². The molecular formula is C19H15FN2O2. The first-order chi connectivity index (χ1) is 11.7. The summed E-state index contributed by atoms with van der Waals surface area (Å²) < 4.78 is 18.8. The lowest BCUT2D eigenvalue weighted by atomic mass is 10.2. The van der Waals surface area contributed by atoms with E-state index >= 15 is 0 Å². The second-order valence-corrected chi connectivity index (χ2v) is 5.13. The van der Waals surface area contributed by atoms with Crippen molar-refractivity contribution in [2.45, 2.75) is 6.54 Å². The maximum Gasteiger partial charge on any atom is 0.253 e. The van der Waals surface area contributed by atoms with Gasteiger partial charge in [-0.25, -0.2) is 4.39 Å². The number of ether oxygens (including phenoxy) is 1. The van der Waals surface area contributed by atoms with Gasteiger partial charge in [0.15, 0.2) is 0 Å². The molecule has 0 fully saturated rings. The zero-order valence-corrected chi connectivity index (χ0v) is 12.8. The fourth-order valence-electron chi connectivity index (χ4n) is 2.17. The van der Waals surface area contributed by atoms with E-state index in [1.54, 1.807) is 42.6 Å². The van der Waals surface area contributed by atoms with Crippen molar-refractivity contribution in [3.8, 4) is 11.5 Å². The van der Waals surface area contributed by atoms with Crippen molar-refractivity contribution in [3.05, 3.63) is 90.0 Å². The fourth-order valence-corrected chi connectivity index (χ4v) is 2.17. The molecule has 0 aliphatic heterocycles. The highest BCUT2D eigenvalue weighted by Crippen LogP contribution is 2.22. The Morgan fingerprint density at radius 3 is 2.58 bits per heavy atom. The monoisotopic (exact) mass is 322 g/mol. The number of rotatable bonds is 5. The lowest BCUT2D eigenvalue weighted by molar-refractivity contribution is 0.0950. The summed E-state index contributed by atoms with van der Waals surface area (Å²) in [6.45, 7) is 0.355. The highest BCUT2D eigenvalue weighted by atomic mass is 19.1. The quantitative estimate of drug-likeness (QED) is 0.774. The molecule has 3 rings (SSSR count). The van der Waals surface area contributed by atoms with Gasteiger partial charge in [-0.05, 0) is 42.0 Å². The Balaban J connectivity index is 1.64. The second kappa shape index (κ2) is 7.37. The normalized spacial score (nSPS) is 10.2. The zero-order chi connectivity index (χ0) is 16.8. The molecule has 0 aliphatic carbocycles. The summed E-state index contributed by atoms with van der Waals surface area (Å²) >= 11 is 0. The van der Waals surface area contributed by atoms with Gasteiger partial charge in [0, 0.05) is 25.0 Å². The van der Waals surface area contributed by atoms with Gasteiger partial charge in [0.1, 0.15) is 17.3 Å². The highest BCUT2D eigenvalue weighted by Gasteiger charge is 2.05. The summed E-state index contributed by atoms with van der Waals surface area (Å²) in [5.74, 6) is 0.451. The average Bonchev–Trinajstić information content (AvgIpc) is 2.61. The summed E-state index contributed by atoms with van der Waals surface area (Å²) in [5.41, 5.74) is 1.38. The third-order valence-corrected chi connectivity index (χ3v) is 3.31. The zero-order valence-electron chi connectivity index (χ0n) is 12.8. The van der Waals surface area contributed by atoms with Gasteiger partial charge < -0.3 is 10.1 Å². The number of nitrogens with zero attached hydrogens (tertiary/aromatic N) is 1. The minimum atomic E-state index is -0.354. The van der Waals surface area contributed by atoms with E-state index in [4.69, 9.17) is 4.74 Å². The maximum atomic E-state index is 13.2. The van der Waals surface area contributed by atoms with Crippen molar-refractivity contribution in [2.75, 3.05) is 0 Å². The molecule has 0 spiro atoms. The Bertz CT molecular complexity index is 838. The number of nitrogens with one attached hydrogen (secondary N) is 1. The van der Waals surface area contributed by atoms with Gasteiger partial charge >= 0.3 is 0 Å². The third kappa shape index (κ3) is 4.16. The Labute approximate surface area is 138 Å². The topological polar surface area (TPSA) is 51.2 Å². The van der Waals surface area contributed by atoms with Crippen molar-refractivity contribution in [2.24, 2.45) is 0 Å². The van der Waals surface area contributed by atoms with E-state index in [-0.39, 0.29) is 11.7 Å². The van der Waals surface area contributed by atoms with E-state index in [1.165, 1.54) is 18.3 Å². The molecule has 0 saturated carbocycles. The molecule has 0 radical (unpaired) electrons. The first-order valence-electron chi connectivity index (χ1n) is 7.41. The number of amides is 1. The molecule has 2 aromatic carbocycles. The predicted molar refractivity (Wildman–Crippen MR) is 88.3 cm³/mol. The summed E-state index contributed by atoms with van der Waals surface area (Å²) in [5, 5.41) is 2.82. The van der Waals surface area contributed by atoms with Crippen LogP contribution < -0.4 is 10.1 Å². The molecule has 24 heavy (non-hydrogen) atoms. The van der Waals surface area contributed by atoms with Crippen LogP contribution in [-0.2, 0) is 6.54 Å². The molecular weight excluding hydrogens is 307 g/mol. The summed E-state index contributed by atoms with van der Waals surface area (Å²) in [6, 6.07) is 16.6. The van der Waals surface area contributed by atoms with Crippen molar-refractivity contribution in [1.29, 1.82) is 0 Å². The SMILES string of the molecule is O=C(NCc1cccc(Oc2cccc(F)c2)c1)c1cccnc1. The number of carbonyl (C=O) groups is 1. The van der Waals surface area contributed by atoms with Gasteiger partial charge in [-0.1, -0.05) is 18.2 Å². The van der Waals surface area contributed by atoms with Crippen LogP contribution in [0.1, 0.15) is 15.9 Å². The minimum Gasteiger partial charge on any atom is -0.457 e. The third-order valence-electron chi connectivity index (χ3n) is 3.31. The van der Waals surface area contributed by atoms with E-state index < -0.39 is 0 Å².